The van der Waals surface area contributed by atoms with E-state index in [-0.39, 0.29) is 11.3 Å². The van der Waals surface area contributed by atoms with E-state index in [9.17, 15) is 19.1 Å². The van der Waals surface area contributed by atoms with Crippen LogP contribution in [0.15, 0.2) is 72.3 Å². The second-order valence-corrected chi connectivity index (χ2v) is 8.79. The van der Waals surface area contributed by atoms with Crippen LogP contribution in [0.4, 0.5) is 10.1 Å². The van der Waals surface area contributed by atoms with Gasteiger partial charge in [0.2, 0.25) is 0 Å². The summed E-state index contributed by atoms with van der Waals surface area (Å²) in [6.07, 6.45) is 0. The van der Waals surface area contributed by atoms with Crippen LogP contribution in [0, 0.1) is 19.7 Å². The first-order valence-electron chi connectivity index (χ1n) is 10.9. The number of carbonyl (C=O) groups is 2. The van der Waals surface area contributed by atoms with E-state index in [2.05, 4.69) is 13.8 Å². The third-order valence-electron chi connectivity index (χ3n) is 6.07. The maximum Gasteiger partial charge on any atom is 0.300 e. The zero-order chi connectivity index (χ0) is 23.9. The quantitative estimate of drug-likeness (QED) is 0.297. The fourth-order valence-electron chi connectivity index (χ4n) is 4.22. The number of hydrogen-bond donors (Lipinski definition) is 1. The minimum atomic E-state index is -0.805. The first-order valence-corrected chi connectivity index (χ1v) is 10.9. The van der Waals surface area contributed by atoms with Crippen molar-refractivity contribution >= 4 is 23.1 Å². The number of nitrogens with zero attached hydrogens (tertiary/aromatic N) is 1. The Labute approximate surface area is 193 Å². The van der Waals surface area contributed by atoms with Gasteiger partial charge in [-0.1, -0.05) is 55.8 Å². The minimum Gasteiger partial charge on any atom is -0.507 e. The SMILES string of the molecule is Cc1cccc(C2/C(=C(/O)c3ccc(F)c(C)c3)C(=O)C(=O)N2c2ccc(C(C)C)cc2)c1. The van der Waals surface area contributed by atoms with Crippen molar-refractivity contribution in [3.63, 3.8) is 0 Å². The third kappa shape index (κ3) is 4.07. The number of aliphatic hydroxyl groups is 1. The normalized spacial score (nSPS) is 17.8. The van der Waals surface area contributed by atoms with Crippen molar-refractivity contribution in [2.75, 3.05) is 4.90 Å². The molecule has 0 saturated carbocycles. The van der Waals surface area contributed by atoms with Crippen molar-refractivity contribution in [3.8, 4) is 0 Å². The summed E-state index contributed by atoms with van der Waals surface area (Å²) in [6, 6.07) is 18.4. The number of anilines is 1. The lowest BCUT2D eigenvalue weighted by Gasteiger charge is -2.26. The van der Waals surface area contributed by atoms with E-state index in [0.717, 1.165) is 11.1 Å². The van der Waals surface area contributed by atoms with Gasteiger partial charge in [-0.05, 0) is 66.8 Å². The van der Waals surface area contributed by atoms with E-state index >= 15 is 0 Å². The fourth-order valence-corrected chi connectivity index (χ4v) is 4.22. The van der Waals surface area contributed by atoms with E-state index in [1.807, 2.05) is 55.5 Å². The highest BCUT2D eigenvalue weighted by Crippen LogP contribution is 2.42. The van der Waals surface area contributed by atoms with Gasteiger partial charge >= 0.3 is 0 Å². The van der Waals surface area contributed by atoms with Gasteiger partial charge < -0.3 is 5.11 Å². The summed E-state index contributed by atoms with van der Waals surface area (Å²) in [5.74, 6) is -1.88. The average Bonchev–Trinajstić information content (AvgIpc) is 3.06. The molecule has 1 fully saturated rings. The van der Waals surface area contributed by atoms with E-state index in [0.29, 0.717) is 28.3 Å². The molecular formula is C28H26FNO3. The molecule has 1 aliphatic rings. The first kappa shape index (κ1) is 22.5. The molecule has 1 N–H and O–H groups in total. The summed E-state index contributed by atoms with van der Waals surface area (Å²) in [4.78, 5) is 27.9. The van der Waals surface area contributed by atoms with Crippen molar-refractivity contribution in [2.45, 2.75) is 39.7 Å². The summed E-state index contributed by atoms with van der Waals surface area (Å²) >= 11 is 0. The number of halogens is 1. The van der Waals surface area contributed by atoms with Gasteiger partial charge in [-0.3, -0.25) is 14.5 Å². The monoisotopic (exact) mass is 443 g/mol. The van der Waals surface area contributed by atoms with Gasteiger partial charge in [-0.25, -0.2) is 4.39 Å². The molecule has 1 saturated heterocycles. The maximum absolute atomic E-state index is 13.8. The van der Waals surface area contributed by atoms with Crippen LogP contribution in [0.1, 0.15) is 53.6 Å². The predicted octanol–water partition coefficient (Wildman–Crippen LogP) is 6.19. The smallest absolute Gasteiger partial charge is 0.300 e. The molecule has 3 aromatic carbocycles. The second kappa shape index (κ2) is 8.66. The zero-order valence-corrected chi connectivity index (χ0v) is 19.1. The van der Waals surface area contributed by atoms with Gasteiger partial charge in [0, 0.05) is 11.3 Å². The molecule has 1 amide bonds. The first-order chi connectivity index (χ1) is 15.7. The summed E-state index contributed by atoms with van der Waals surface area (Å²) in [5.41, 5.74) is 3.98. The molecule has 1 atom stereocenters. The molecule has 1 aliphatic heterocycles. The van der Waals surface area contributed by atoms with Crippen LogP contribution in [0.3, 0.4) is 0 Å². The van der Waals surface area contributed by atoms with Crippen LogP contribution in [-0.4, -0.2) is 16.8 Å². The lowest BCUT2D eigenvalue weighted by molar-refractivity contribution is -0.132. The Morgan fingerprint density at radius 1 is 0.970 bits per heavy atom. The Hall–Kier alpha value is -3.73. The summed E-state index contributed by atoms with van der Waals surface area (Å²) < 4.78 is 13.8. The molecule has 1 unspecified atom stereocenters. The summed E-state index contributed by atoms with van der Waals surface area (Å²) in [7, 11) is 0. The van der Waals surface area contributed by atoms with Crippen molar-refractivity contribution in [3.05, 3.63) is 106 Å². The molecule has 4 nitrogen and oxygen atoms in total. The molecule has 168 valence electrons. The highest BCUT2D eigenvalue weighted by Gasteiger charge is 2.47. The van der Waals surface area contributed by atoms with Gasteiger partial charge in [0.15, 0.2) is 0 Å². The van der Waals surface area contributed by atoms with Gasteiger partial charge in [0.05, 0.1) is 11.6 Å². The highest BCUT2D eigenvalue weighted by atomic mass is 19.1. The molecule has 0 bridgehead atoms. The number of benzene rings is 3. The highest BCUT2D eigenvalue weighted by molar-refractivity contribution is 6.51. The largest absolute Gasteiger partial charge is 0.507 e. The minimum absolute atomic E-state index is 0.00968. The average molecular weight is 444 g/mol. The Bertz CT molecular complexity index is 1270. The van der Waals surface area contributed by atoms with E-state index in [1.54, 1.807) is 6.92 Å². The van der Waals surface area contributed by atoms with E-state index < -0.39 is 23.5 Å². The molecule has 1 heterocycles. The Balaban J connectivity index is 1.93. The van der Waals surface area contributed by atoms with E-state index in [4.69, 9.17) is 0 Å². The number of Topliss-reactive ketones (excluding diaryl/α,β-unsaturated/α-hetero) is 1. The summed E-state index contributed by atoms with van der Waals surface area (Å²) in [5, 5.41) is 11.2. The number of aryl methyl sites for hydroxylation is 2. The fraction of sp³-hybridized carbons (Fsp3) is 0.214. The number of amides is 1. The third-order valence-corrected chi connectivity index (χ3v) is 6.07. The lowest BCUT2D eigenvalue weighted by Crippen LogP contribution is -2.29. The van der Waals surface area contributed by atoms with E-state index in [1.165, 1.54) is 23.1 Å². The molecule has 5 heteroatoms. The Kier molecular flexibility index (Phi) is 5.90. The van der Waals surface area contributed by atoms with Crippen molar-refractivity contribution < 1.29 is 19.1 Å². The Morgan fingerprint density at radius 3 is 2.27 bits per heavy atom. The zero-order valence-electron chi connectivity index (χ0n) is 19.1. The molecule has 3 aromatic rings. The maximum atomic E-state index is 13.8. The number of ketones is 1. The number of rotatable bonds is 4. The van der Waals surface area contributed by atoms with Gasteiger partial charge in [-0.2, -0.15) is 0 Å². The van der Waals surface area contributed by atoms with Gasteiger partial charge in [0.25, 0.3) is 11.7 Å². The Morgan fingerprint density at radius 2 is 1.67 bits per heavy atom. The number of hydrogen-bond acceptors (Lipinski definition) is 3. The number of aliphatic hydroxyl groups excluding tert-OH is 1. The second-order valence-electron chi connectivity index (χ2n) is 8.79. The number of carbonyl (C=O) groups excluding carboxylic acids is 2. The van der Waals surface area contributed by atoms with Crippen LogP contribution >= 0.6 is 0 Å². The molecule has 33 heavy (non-hydrogen) atoms. The molecule has 0 aliphatic carbocycles. The van der Waals surface area contributed by atoms with Crippen LogP contribution < -0.4 is 4.90 Å². The lowest BCUT2D eigenvalue weighted by atomic mass is 9.93. The van der Waals surface area contributed by atoms with Crippen LogP contribution in [0.2, 0.25) is 0 Å². The van der Waals surface area contributed by atoms with Gasteiger partial charge in [0.1, 0.15) is 11.6 Å². The standard InChI is InChI=1S/C28H26FNO3/c1-16(2)19-8-11-22(12-9-19)30-25(20-7-5-6-17(3)14-20)24(27(32)28(30)33)26(31)21-10-13-23(29)18(4)15-21/h5-16,25,31H,1-4H3/b26-24-. The van der Waals surface area contributed by atoms with Crippen molar-refractivity contribution in [1.82, 2.24) is 0 Å². The molecule has 4 rings (SSSR count). The van der Waals surface area contributed by atoms with Crippen molar-refractivity contribution in [2.24, 2.45) is 0 Å². The predicted molar refractivity (Wildman–Crippen MR) is 128 cm³/mol. The van der Waals surface area contributed by atoms with Crippen LogP contribution in [0.5, 0.6) is 0 Å². The molecular weight excluding hydrogens is 417 g/mol. The van der Waals surface area contributed by atoms with Crippen LogP contribution in [0.25, 0.3) is 5.76 Å². The molecule has 0 radical (unpaired) electrons. The summed E-state index contributed by atoms with van der Waals surface area (Å²) in [6.45, 7) is 7.67. The van der Waals surface area contributed by atoms with Gasteiger partial charge in [-0.15, -0.1) is 0 Å². The topological polar surface area (TPSA) is 57.6 Å². The van der Waals surface area contributed by atoms with Crippen LogP contribution in [-0.2, 0) is 9.59 Å². The molecule has 0 aromatic heterocycles. The molecule has 0 spiro atoms. The van der Waals surface area contributed by atoms with Crippen molar-refractivity contribution in [1.29, 1.82) is 0 Å².